The summed E-state index contributed by atoms with van der Waals surface area (Å²) in [6.45, 7) is 6.81. The van der Waals surface area contributed by atoms with E-state index >= 15 is 0 Å². The molecule has 0 radical (unpaired) electrons. The minimum atomic E-state index is 0.182. The van der Waals surface area contributed by atoms with Gasteiger partial charge in [0.1, 0.15) is 0 Å². The fraction of sp³-hybridized carbons (Fsp3) is 0.933. The van der Waals surface area contributed by atoms with Gasteiger partial charge in [0, 0.05) is 31.1 Å². The summed E-state index contributed by atoms with van der Waals surface area (Å²) in [7, 11) is 2.15. The van der Waals surface area contributed by atoms with Crippen LogP contribution in [0, 0.1) is 11.8 Å². The minimum absolute atomic E-state index is 0.182. The molecule has 4 atom stereocenters. The topological polar surface area (TPSA) is 49.6 Å². The molecule has 4 unspecified atom stereocenters. The maximum Gasteiger partial charge on any atom is 0.226 e. The number of likely N-dealkylation sites (N-methyl/N-ethyl adjacent to an activating group) is 1. The van der Waals surface area contributed by atoms with Crippen molar-refractivity contribution in [2.45, 2.75) is 51.6 Å². The standard InChI is InChI=1S/C15H29N3O/c1-11-9-18(10-12(2)17(11)3)15(19)14-7-5-4-6-13(14)8-16/h11-14H,4-10,16H2,1-3H3. The molecule has 2 rings (SSSR count). The van der Waals surface area contributed by atoms with Crippen molar-refractivity contribution in [3.63, 3.8) is 0 Å². The maximum atomic E-state index is 12.8. The van der Waals surface area contributed by atoms with Crippen LogP contribution in [0.3, 0.4) is 0 Å². The van der Waals surface area contributed by atoms with Gasteiger partial charge >= 0.3 is 0 Å². The third-order valence-electron chi connectivity index (χ3n) is 5.20. The molecule has 0 bridgehead atoms. The van der Waals surface area contributed by atoms with Crippen LogP contribution in [0.5, 0.6) is 0 Å². The summed E-state index contributed by atoms with van der Waals surface area (Å²) in [6, 6.07) is 0.903. The van der Waals surface area contributed by atoms with Gasteiger partial charge in [-0.05, 0) is 46.2 Å². The van der Waals surface area contributed by atoms with E-state index in [1.165, 1.54) is 12.8 Å². The van der Waals surface area contributed by atoms with Crippen LogP contribution < -0.4 is 5.73 Å². The molecule has 1 amide bonds. The molecule has 1 aliphatic heterocycles. The molecule has 0 aromatic carbocycles. The number of hydrogen-bond acceptors (Lipinski definition) is 3. The third-order valence-corrected chi connectivity index (χ3v) is 5.20. The van der Waals surface area contributed by atoms with Gasteiger partial charge in [-0.1, -0.05) is 12.8 Å². The highest BCUT2D eigenvalue weighted by Gasteiger charge is 2.36. The van der Waals surface area contributed by atoms with Crippen molar-refractivity contribution in [3.05, 3.63) is 0 Å². The predicted molar refractivity (Wildman–Crippen MR) is 77.8 cm³/mol. The van der Waals surface area contributed by atoms with Crippen molar-refractivity contribution in [2.75, 3.05) is 26.7 Å². The SMILES string of the molecule is CC1CN(C(=O)C2CCCCC2CN)CC(C)N1C. The van der Waals surface area contributed by atoms with Gasteiger partial charge in [-0.2, -0.15) is 0 Å². The van der Waals surface area contributed by atoms with Crippen molar-refractivity contribution < 1.29 is 4.79 Å². The summed E-state index contributed by atoms with van der Waals surface area (Å²) in [4.78, 5) is 17.2. The first-order valence-electron chi connectivity index (χ1n) is 7.75. The molecule has 0 spiro atoms. The van der Waals surface area contributed by atoms with Crippen LogP contribution in [0.4, 0.5) is 0 Å². The summed E-state index contributed by atoms with van der Waals surface area (Å²) in [5.74, 6) is 0.954. The van der Waals surface area contributed by atoms with Crippen LogP contribution >= 0.6 is 0 Å². The van der Waals surface area contributed by atoms with E-state index in [-0.39, 0.29) is 5.92 Å². The van der Waals surface area contributed by atoms with Crippen molar-refractivity contribution in [2.24, 2.45) is 17.6 Å². The number of hydrogen-bond donors (Lipinski definition) is 1. The highest BCUT2D eigenvalue weighted by atomic mass is 16.2. The molecule has 1 aliphatic carbocycles. The molecule has 2 fully saturated rings. The second-order valence-corrected chi connectivity index (χ2v) is 6.49. The Hall–Kier alpha value is -0.610. The zero-order valence-corrected chi connectivity index (χ0v) is 12.6. The molecule has 0 aromatic rings. The zero-order valence-electron chi connectivity index (χ0n) is 12.6. The molecule has 1 heterocycles. The Balaban J connectivity index is 2.02. The quantitative estimate of drug-likeness (QED) is 0.820. The molecule has 1 saturated carbocycles. The Kier molecular flexibility index (Phi) is 4.85. The molecular weight excluding hydrogens is 238 g/mol. The first-order valence-corrected chi connectivity index (χ1v) is 7.75. The van der Waals surface area contributed by atoms with E-state index in [4.69, 9.17) is 5.73 Å². The van der Waals surface area contributed by atoms with Gasteiger partial charge in [0.25, 0.3) is 0 Å². The van der Waals surface area contributed by atoms with E-state index in [0.29, 0.717) is 30.5 Å². The van der Waals surface area contributed by atoms with Gasteiger partial charge in [0.05, 0.1) is 0 Å². The Labute approximate surface area is 117 Å². The van der Waals surface area contributed by atoms with Crippen molar-refractivity contribution >= 4 is 5.91 Å². The Bertz CT molecular complexity index is 309. The number of nitrogens with zero attached hydrogens (tertiary/aromatic N) is 2. The van der Waals surface area contributed by atoms with Gasteiger partial charge < -0.3 is 10.6 Å². The van der Waals surface area contributed by atoms with Crippen LogP contribution in [0.25, 0.3) is 0 Å². The van der Waals surface area contributed by atoms with Gasteiger partial charge in [-0.15, -0.1) is 0 Å². The molecule has 4 heteroatoms. The molecule has 4 nitrogen and oxygen atoms in total. The molecule has 110 valence electrons. The largest absolute Gasteiger partial charge is 0.339 e. The normalized spacial score (nSPS) is 37.4. The average Bonchev–Trinajstić information content (AvgIpc) is 2.43. The Morgan fingerprint density at radius 3 is 2.32 bits per heavy atom. The average molecular weight is 267 g/mol. The number of carbonyl (C=O) groups excluding carboxylic acids is 1. The van der Waals surface area contributed by atoms with Crippen molar-refractivity contribution in [1.29, 1.82) is 0 Å². The lowest BCUT2D eigenvalue weighted by Crippen LogP contribution is -2.58. The van der Waals surface area contributed by atoms with Gasteiger partial charge in [-0.25, -0.2) is 0 Å². The first kappa shape index (κ1) is 14.8. The number of nitrogens with two attached hydrogens (primary N) is 1. The number of carbonyl (C=O) groups is 1. The number of rotatable bonds is 2. The molecule has 0 aromatic heterocycles. The van der Waals surface area contributed by atoms with E-state index in [1.54, 1.807) is 0 Å². The monoisotopic (exact) mass is 267 g/mol. The smallest absolute Gasteiger partial charge is 0.226 e. The summed E-state index contributed by atoms with van der Waals surface area (Å²) in [5, 5.41) is 0. The van der Waals surface area contributed by atoms with E-state index in [9.17, 15) is 4.79 Å². The lowest BCUT2D eigenvalue weighted by molar-refractivity contribution is -0.142. The third kappa shape index (κ3) is 3.11. The first-order chi connectivity index (χ1) is 9.04. The van der Waals surface area contributed by atoms with E-state index in [1.807, 2.05) is 0 Å². The van der Waals surface area contributed by atoms with Crippen molar-refractivity contribution in [1.82, 2.24) is 9.80 Å². The maximum absolute atomic E-state index is 12.8. The number of piperazine rings is 1. The highest BCUT2D eigenvalue weighted by Crippen LogP contribution is 2.31. The second kappa shape index (κ2) is 6.23. The predicted octanol–water partition coefficient (Wildman–Crippen LogP) is 1.30. The van der Waals surface area contributed by atoms with E-state index in [0.717, 1.165) is 25.9 Å². The summed E-state index contributed by atoms with van der Waals surface area (Å²) in [5.41, 5.74) is 5.86. The van der Waals surface area contributed by atoms with Gasteiger partial charge in [0.15, 0.2) is 0 Å². The van der Waals surface area contributed by atoms with Gasteiger partial charge in [-0.3, -0.25) is 9.69 Å². The van der Waals surface area contributed by atoms with Crippen LogP contribution in [0.15, 0.2) is 0 Å². The molecule has 1 saturated heterocycles. The van der Waals surface area contributed by atoms with Crippen LogP contribution in [0.1, 0.15) is 39.5 Å². The van der Waals surface area contributed by atoms with Crippen LogP contribution in [0.2, 0.25) is 0 Å². The summed E-state index contributed by atoms with van der Waals surface area (Å²) < 4.78 is 0. The molecular formula is C15H29N3O. The minimum Gasteiger partial charge on any atom is -0.339 e. The highest BCUT2D eigenvalue weighted by molar-refractivity contribution is 5.79. The number of amides is 1. The second-order valence-electron chi connectivity index (χ2n) is 6.49. The van der Waals surface area contributed by atoms with E-state index in [2.05, 4.69) is 30.7 Å². The van der Waals surface area contributed by atoms with E-state index < -0.39 is 0 Å². The molecule has 19 heavy (non-hydrogen) atoms. The fourth-order valence-corrected chi connectivity index (χ4v) is 3.63. The van der Waals surface area contributed by atoms with Gasteiger partial charge in [0.2, 0.25) is 5.91 Å². The molecule has 2 N–H and O–H groups in total. The van der Waals surface area contributed by atoms with Crippen molar-refractivity contribution in [3.8, 4) is 0 Å². The van der Waals surface area contributed by atoms with Crippen LogP contribution in [-0.2, 0) is 4.79 Å². The summed E-state index contributed by atoms with van der Waals surface area (Å²) in [6.07, 6.45) is 4.59. The zero-order chi connectivity index (χ0) is 14.0. The Morgan fingerprint density at radius 2 is 1.74 bits per heavy atom. The Morgan fingerprint density at radius 1 is 1.16 bits per heavy atom. The lowest BCUT2D eigenvalue weighted by atomic mass is 9.78. The fourth-order valence-electron chi connectivity index (χ4n) is 3.63. The lowest BCUT2D eigenvalue weighted by Gasteiger charge is -2.44. The summed E-state index contributed by atoms with van der Waals surface area (Å²) >= 11 is 0. The molecule has 2 aliphatic rings. The van der Waals surface area contributed by atoms with Crippen LogP contribution in [-0.4, -0.2) is 54.5 Å².